The zero-order valence-corrected chi connectivity index (χ0v) is 79.1. The Morgan fingerprint density at radius 1 is 0.171 bits per heavy atom. The number of fused-ring (bicyclic) bond motifs is 30. The minimum Gasteiger partial charge on any atom is -0.454 e. The lowest BCUT2D eigenvalue weighted by molar-refractivity contribution is 0.666. The first-order valence-electron chi connectivity index (χ1n) is 49.5. The molecule has 24 aromatic carbocycles. The van der Waals surface area contributed by atoms with Crippen LogP contribution in [0.5, 0.6) is 0 Å². The first-order chi connectivity index (χ1) is 72.4. The molecular weight excluding hydrogens is 1800 g/mol. The highest BCUT2D eigenvalue weighted by Crippen LogP contribution is 2.49. The van der Waals surface area contributed by atoms with Crippen LogP contribution in [0.15, 0.2) is 478 Å². The molecule has 0 aliphatic rings. The van der Waals surface area contributed by atoms with Gasteiger partial charge in [-0.25, -0.2) is 9.97 Å². The van der Waals surface area contributed by atoms with Crippen LogP contribution in [0.3, 0.4) is 0 Å². The first kappa shape index (κ1) is 81.4. The van der Waals surface area contributed by atoms with Gasteiger partial charge < -0.3 is 13.6 Å². The smallest absolute Gasteiger partial charge is 0.238 e. The molecule has 0 amide bonds. The van der Waals surface area contributed by atoms with Crippen molar-refractivity contribution < 1.29 is 4.42 Å². The summed E-state index contributed by atoms with van der Waals surface area (Å²) >= 11 is 1.87. The zero-order valence-electron chi connectivity index (χ0n) is 78.3. The first-order valence-corrected chi connectivity index (χ1v) is 50.3. The molecule has 0 N–H and O–H groups in total. The molecule has 32 aromatic rings. The number of para-hydroxylation sites is 6. The molecular formula is C134H78N10OS. The summed E-state index contributed by atoms with van der Waals surface area (Å²) in [4.78, 5) is 33.0. The van der Waals surface area contributed by atoms with E-state index in [2.05, 4.69) is 479 Å². The van der Waals surface area contributed by atoms with E-state index in [0.29, 0.717) is 35.2 Å². The topological polar surface area (TPSA) is 110 Å². The van der Waals surface area contributed by atoms with E-state index in [1.807, 2.05) is 23.5 Å². The van der Waals surface area contributed by atoms with Crippen LogP contribution in [0.4, 0.5) is 0 Å². The number of nitrogens with zero attached hydrogens (tertiary/aromatic N) is 10. The predicted octanol–water partition coefficient (Wildman–Crippen LogP) is 35.6. The van der Waals surface area contributed by atoms with Crippen LogP contribution < -0.4 is 0 Å². The summed E-state index contributed by atoms with van der Waals surface area (Å²) in [5.74, 6) is 3.60. The average molecular weight is 1880 g/mol. The van der Waals surface area contributed by atoms with E-state index >= 15 is 0 Å². The molecule has 0 aliphatic carbocycles. The molecule has 12 heteroatoms. The fourth-order valence-corrected chi connectivity index (χ4v) is 25.0. The number of thiophene rings is 1. The lowest BCUT2D eigenvalue weighted by Gasteiger charge is -2.15. The Kier molecular flexibility index (Phi) is 17.9. The van der Waals surface area contributed by atoms with Gasteiger partial charge in [-0.1, -0.05) is 352 Å². The highest BCUT2D eigenvalue weighted by Gasteiger charge is 2.28. The van der Waals surface area contributed by atoms with Gasteiger partial charge in [0.25, 0.3) is 0 Å². The van der Waals surface area contributed by atoms with Crippen LogP contribution in [0.1, 0.15) is 0 Å². The number of furan rings is 1. The molecule has 8 aromatic heterocycles. The fraction of sp³-hybridized carbons (Fsp3) is 0. The van der Waals surface area contributed by atoms with E-state index in [-0.39, 0.29) is 0 Å². The van der Waals surface area contributed by atoms with Crippen molar-refractivity contribution in [2.75, 3.05) is 0 Å². The van der Waals surface area contributed by atoms with E-state index in [1.54, 1.807) is 0 Å². The third kappa shape index (κ3) is 12.5. The number of rotatable bonds is 10. The molecule has 0 saturated heterocycles. The molecule has 0 atom stereocenters. The highest BCUT2D eigenvalue weighted by molar-refractivity contribution is 7.26. The van der Waals surface area contributed by atoms with Crippen LogP contribution in [-0.4, -0.2) is 48.2 Å². The predicted molar refractivity (Wildman–Crippen MR) is 610 cm³/mol. The third-order valence-corrected chi connectivity index (χ3v) is 31.5. The third-order valence-electron chi connectivity index (χ3n) is 30.3. The van der Waals surface area contributed by atoms with E-state index in [4.69, 9.17) is 34.3 Å². The van der Waals surface area contributed by atoms with Gasteiger partial charge in [0.1, 0.15) is 5.58 Å². The Morgan fingerprint density at radius 2 is 0.438 bits per heavy atom. The normalized spacial score (nSPS) is 12.1. The Hall–Kier alpha value is -19.4. The van der Waals surface area contributed by atoms with Crippen molar-refractivity contribution in [3.63, 3.8) is 0 Å². The van der Waals surface area contributed by atoms with Gasteiger partial charge in [0.15, 0.2) is 28.9 Å². The Morgan fingerprint density at radius 3 is 0.815 bits per heavy atom. The van der Waals surface area contributed by atoms with E-state index in [0.717, 1.165) is 191 Å². The molecule has 32 rings (SSSR count). The lowest BCUT2D eigenvalue weighted by Crippen LogP contribution is -2.07. The molecule has 676 valence electrons. The quantitative estimate of drug-likeness (QED) is 0.125. The van der Waals surface area contributed by atoms with Crippen molar-refractivity contribution in [1.29, 1.82) is 0 Å². The minimum atomic E-state index is 0.558. The second kappa shape index (κ2) is 32.1. The van der Waals surface area contributed by atoms with E-state index in [1.165, 1.54) is 80.0 Å². The van der Waals surface area contributed by atoms with Crippen molar-refractivity contribution in [3.8, 4) is 91.1 Å². The summed E-state index contributed by atoms with van der Waals surface area (Å²) in [6.45, 7) is 0. The van der Waals surface area contributed by atoms with E-state index < -0.39 is 0 Å². The fourth-order valence-electron chi connectivity index (χ4n) is 23.7. The molecule has 11 nitrogen and oxygen atoms in total. The molecule has 0 bridgehead atoms. The summed E-state index contributed by atoms with van der Waals surface area (Å²) < 4.78 is 18.5. The van der Waals surface area contributed by atoms with Crippen molar-refractivity contribution in [2.45, 2.75) is 0 Å². The Balaban J connectivity index is 0.000000133. The average Bonchev–Trinajstić information content (AvgIpc) is 1.62. The Bertz CT molecular complexity index is 10400. The Labute approximate surface area is 837 Å². The van der Waals surface area contributed by atoms with Crippen molar-refractivity contribution in [1.82, 2.24) is 48.2 Å². The molecule has 0 aliphatic heterocycles. The number of benzene rings is 24. The molecule has 0 spiro atoms. The van der Waals surface area contributed by atoms with Gasteiger partial charge in [-0.3, -0.25) is 9.13 Å². The largest absolute Gasteiger partial charge is 0.454 e. The van der Waals surface area contributed by atoms with Crippen LogP contribution in [-0.2, 0) is 0 Å². The zero-order chi connectivity index (χ0) is 95.5. The summed E-state index contributed by atoms with van der Waals surface area (Å²) in [7, 11) is 0. The van der Waals surface area contributed by atoms with Gasteiger partial charge in [-0.2, -0.15) is 19.9 Å². The number of hydrogen-bond donors (Lipinski definition) is 0. The summed E-state index contributed by atoms with van der Waals surface area (Å²) in [6, 6.07) is 170. The summed E-state index contributed by atoms with van der Waals surface area (Å²) in [5, 5.41) is 32.5. The molecule has 0 radical (unpaired) electrons. The van der Waals surface area contributed by atoms with Crippen molar-refractivity contribution in [2.24, 2.45) is 0 Å². The SMILES string of the molecule is c1ccc2c(c1)cc(-c1nc(-c3cc4ccccc4c4ccccc34)nc(-n3c4ccccc4c4cc(-c5ccc6c(c5)c5ccccc5n6-c5cccc6c5oc5ccccc56)ccc43)n1)c1ccccc12.c1ccc2c(c1)cc(-c1nc(-c3cc4ccccc4c4ccccc34)nc(-n3c4ccccc4c4cc(-c5ccc6c(c5)c5ccccc5n6-c5cccc6c5sc5ccccc56)ccc43)n1)c1ccccc12. The molecule has 146 heavy (non-hydrogen) atoms. The van der Waals surface area contributed by atoms with Gasteiger partial charge in [0.05, 0.1) is 60.2 Å². The van der Waals surface area contributed by atoms with E-state index in [9.17, 15) is 0 Å². The second-order valence-corrected chi connectivity index (χ2v) is 39.2. The van der Waals surface area contributed by atoms with Crippen molar-refractivity contribution >= 4 is 227 Å². The minimum absolute atomic E-state index is 0.558. The van der Waals surface area contributed by atoms with Gasteiger partial charge in [0, 0.05) is 91.6 Å². The number of aromatic nitrogens is 10. The van der Waals surface area contributed by atoms with Gasteiger partial charge >= 0.3 is 0 Å². The maximum Gasteiger partial charge on any atom is 0.238 e. The van der Waals surface area contributed by atoms with Crippen LogP contribution >= 0.6 is 11.3 Å². The summed E-state index contributed by atoms with van der Waals surface area (Å²) in [5.41, 5.74) is 21.1. The summed E-state index contributed by atoms with van der Waals surface area (Å²) in [6.07, 6.45) is 0. The van der Waals surface area contributed by atoms with Gasteiger partial charge in [-0.05, 0) is 230 Å². The molecule has 0 fully saturated rings. The van der Waals surface area contributed by atoms with Gasteiger partial charge in [-0.15, -0.1) is 11.3 Å². The van der Waals surface area contributed by atoms with Crippen molar-refractivity contribution in [3.05, 3.63) is 473 Å². The monoisotopic (exact) mass is 1870 g/mol. The maximum atomic E-state index is 6.60. The van der Waals surface area contributed by atoms with Crippen LogP contribution in [0.25, 0.3) is 307 Å². The standard InChI is InChI=1S/C67H39N5O.C67H39N5S/c2*1-3-18-44-42(16-1)38-56(48-22-7-5-20-46(44)48)65-68-66(57-39-43-17-2-4-19-45(43)47-21-6-8-23-49(47)57)70-67(69-65)72-59-29-13-10-25-51(59)55-37-41(33-35-61(55)72)40-32-34-60-54(36-40)50-24-9-12-28-58(50)71(60)62-30-15-27-53-52-26-11-14-31-63(52)73-64(53)62/h2*1-39H. The number of hydrogen-bond acceptors (Lipinski definition) is 8. The van der Waals surface area contributed by atoms with Gasteiger partial charge in [0.2, 0.25) is 11.9 Å². The van der Waals surface area contributed by atoms with Crippen LogP contribution in [0.2, 0.25) is 0 Å². The molecule has 8 heterocycles. The molecule has 0 saturated carbocycles. The molecule has 0 unspecified atom stereocenters. The maximum absolute atomic E-state index is 6.60. The highest BCUT2D eigenvalue weighted by atomic mass is 32.1. The lowest BCUT2D eigenvalue weighted by atomic mass is 9.96. The van der Waals surface area contributed by atoms with Crippen LogP contribution in [0, 0.1) is 0 Å². The second-order valence-electron chi connectivity index (χ2n) is 38.2.